The van der Waals surface area contributed by atoms with Crippen LogP contribution in [-0.4, -0.2) is 17.1 Å². The van der Waals surface area contributed by atoms with Gasteiger partial charge in [-0.3, -0.25) is 4.98 Å². The summed E-state index contributed by atoms with van der Waals surface area (Å²) in [4.78, 5) is 8.17. The lowest BCUT2D eigenvalue weighted by Crippen LogP contribution is -1.94. The normalized spacial score (nSPS) is 8.42. The van der Waals surface area contributed by atoms with Crippen molar-refractivity contribution in [2.75, 3.05) is 7.11 Å². The Kier molecular flexibility index (Phi) is 5.00. The summed E-state index contributed by atoms with van der Waals surface area (Å²) in [7, 11) is 1.58. The van der Waals surface area contributed by atoms with Crippen LogP contribution in [0.3, 0.4) is 0 Å². The van der Waals surface area contributed by atoms with Gasteiger partial charge in [0.25, 0.3) is 0 Å². The van der Waals surface area contributed by atoms with E-state index in [1.807, 2.05) is 27.7 Å². The van der Waals surface area contributed by atoms with Crippen molar-refractivity contribution in [1.29, 1.82) is 0 Å². The Morgan fingerprint density at radius 1 is 1.17 bits per heavy atom. The van der Waals surface area contributed by atoms with Crippen molar-refractivity contribution in [3.05, 3.63) is 17.6 Å². The van der Waals surface area contributed by atoms with E-state index in [1.165, 1.54) is 0 Å². The van der Waals surface area contributed by atoms with Gasteiger partial charge in [0.1, 0.15) is 0 Å². The van der Waals surface area contributed by atoms with Crippen molar-refractivity contribution in [3.8, 4) is 5.88 Å². The fourth-order valence-corrected chi connectivity index (χ4v) is 0.619. The number of hydrogen-bond acceptors (Lipinski definition) is 3. The second-order valence-electron chi connectivity index (χ2n) is 2.08. The zero-order valence-corrected chi connectivity index (χ0v) is 8.38. The third kappa shape index (κ3) is 2.86. The van der Waals surface area contributed by atoms with Crippen LogP contribution in [0.4, 0.5) is 0 Å². The van der Waals surface area contributed by atoms with Crippen molar-refractivity contribution in [2.24, 2.45) is 0 Å². The van der Waals surface area contributed by atoms with Crippen LogP contribution in [-0.2, 0) is 0 Å². The fourth-order valence-electron chi connectivity index (χ4n) is 0.619. The number of nitrogens with zero attached hydrogens (tertiary/aromatic N) is 2. The molecule has 0 spiro atoms. The molecule has 0 fully saturated rings. The van der Waals surface area contributed by atoms with Gasteiger partial charge in [-0.15, -0.1) is 0 Å². The van der Waals surface area contributed by atoms with Crippen LogP contribution in [0.2, 0.25) is 0 Å². The van der Waals surface area contributed by atoms with Crippen molar-refractivity contribution in [3.63, 3.8) is 0 Å². The molecule has 1 rings (SSSR count). The monoisotopic (exact) mass is 168 g/mol. The number of methoxy groups -OCH3 is 1. The van der Waals surface area contributed by atoms with Crippen molar-refractivity contribution in [2.45, 2.75) is 27.7 Å². The molecular formula is C9H16N2O. The lowest BCUT2D eigenvalue weighted by Gasteiger charge is -2.00. The molecule has 0 aliphatic rings. The molecule has 3 nitrogen and oxygen atoms in total. The van der Waals surface area contributed by atoms with Crippen LogP contribution in [0.15, 0.2) is 6.20 Å². The Bertz CT molecular complexity index is 236. The van der Waals surface area contributed by atoms with Gasteiger partial charge in [-0.05, 0) is 13.8 Å². The van der Waals surface area contributed by atoms with Crippen LogP contribution < -0.4 is 4.74 Å². The molecule has 0 N–H and O–H groups in total. The second-order valence-corrected chi connectivity index (χ2v) is 2.08. The van der Waals surface area contributed by atoms with Crippen molar-refractivity contribution in [1.82, 2.24) is 9.97 Å². The van der Waals surface area contributed by atoms with Gasteiger partial charge >= 0.3 is 0 Å². The van der Waals surface area contributed by atoms with E-state index >= 15 is 0 Å². The number of aryl methyl sites for hydroxylation is 2. The van der Waals surface area contributed by atoms with E-state index in [1.54, 1.807) is 13.3 Å². The minimum Gasteiger partial charge on any atom is -0.480 e. The van der Waals surface area contributed by atoms with Crippen LogP contribution >= 0.6 is 0 Å². The molecule has 68 valence electrons. The van der Waals surface area contributed by atoms with E-state index in [0.717, 1.165) is 11.4 Å². The van der Waals surface area contributed by atoms with Gasteiger partial charge in [0.05, 0.1) is 24.7 Å². The highest BCUT2D eigenvalue weighted by molar-refractivity contribution is 5.13. The maximum atomic E-state index is 4.88. The molecule has 0 atom stereocenters. The molecule has 12 heavy (non-hydrogen) atoms. The number of aromatic nitrogens is 2. The molecule has 0 saturated carbocycles. The molecule has 0 aromatic carbocycles. The average molecular weight is 168 g/mol. The first-order valence-corrected chi connectivity index (χ1v) is 4.08. The van der Waals surface area contributed by atoms with Gasteiger partial charge in [0, 0.05) is 0 Å². The quantitative estimate of drug-likeness (QED) is 0.644. The standard InChI is InChI=1S/C7H10N2O.C2H6/c1-5-6(2)9-7(10-3)4-8-5;1-2/h4H,1-3H3;1-2H3. The van der Waals surface area contributed by atoms with Gasteiger partial charge in [-0.25, -0.2) is 4.98 Å². The van der Waals surface area contributed by atoms with Gasteiger partial charge in [0.15, 0.2) is 0 Å². The molecule has 0 aliphatic carbocycles. The van der Waals surface area contributed by atoms with E-state index in [2.05, 4.69) is 9.97 Å². The van der Waals surface area contributed by atoms with E-state index in [9.17, 15) is 0 Å². The van der Waals surface area contributed by atoms with Gasteiger partial charge < -0.3 is 4.74 Å². The summed E-state index contributed by atoms with van der Waals surface area (Å²) in [6.07, 6.45) is 1.61. The molecule has 0 saturated heterocycles. The predicted octanol–water partition coefficient (Wildman–Crippen LogP) is 2.13. The Balaban J connectivity index is 0.000000561. The Hall–Kier alpha value is -1.12. The van der Waals surface area contributed by atoms with E-state index in [-0.39, 0.29) is 0 Å². The summed E-state index contributed by atoms with van der Waals surface area (Å²) in [6, 6.07) is 0. The smallest absolute Gasteiger partial charge is 0.232 e. The van der Waals surface area contributed by atoms with Crippen LogP contribution in [0, 0.1) is 13.8 Å². The Morgan fingerprint density at radius 2 is 1.75 bits per heavy atom. The van der Waals surface area contributed by atoms with Crippen molar-refractivity contribution < 1.29 is 4.74 Å². The molecule has 1 aromatic rings. The van der Waals surface area contributed by atoms with Crippen LogP contribution in [0.25, 0.3) is 0 Å². The van der Waals surface area contributed by atoms with E-state index in [0.29, 0.717) is 5.88 Å². The highest BCUT2D eigenvalue weighted by Crippen LogP contribution is 2.06. The molecule has 0 amide bonds. The van der Waals surface area contributed by atoms with Crippen molar-refractivity contribution >= 4 is 0 Å². The fraction of sp³-hybridized carbons (Fsp3) is 0.556. The number of rotatable bonds is 1. The first-order chi connectivity index (χ1) is 5.74. The third-order valence-corrected chi connectivity index (χ3v) is 1.38. The average Bonchev–Trinajstić information content (AvgIpc) is 2.13. The van der Waals surface area contributed by atoms with Gasteiger partial charge in [-0.2, -0.15) is 0 Å². The maximum absolute atomic E-state index is 4.88. The third-order valence-electron chi connectivity index (χ3n) is 1.38. The van der Waals surface area contributed by atoms with Gasteiger partial charge in [-0.1, -0.05) is 13.8 Å². The minimum absolute atomic E-state index is 0.572. The van der Waals surface area contributed by atoms with Crippen LogP contribution in [0.5, 0.6) is 5.88 Å². The highest BCUT2D eigenvalue weighted by atomic mass is 16.5. The minimum atomic E-state index is 0.572. The largest absolute Gasteiger partial charge is 0.480 e. The zero-order chi connectivity index (χ0) is 9.56. The maximum Gasteiger partial charge on any atom is 0.232 e. The SMILES string of the molecule is CC.COc1cnc(C)c(C)n1. The van der Waals surface area contributed by atoms with E-state index in [4.69, 9.17) is 4.74 Å². The second kappa shape index (κ2) is 5.52. The molecule has 0 radical (unpaired) electrons. The van der Waals surface area contributed by atoms with E-state index < -0.39 is 0 Å². The molecule has 1 aromatic heterocycles. The molecule has 1 heterocycles. The number of ether oxygens (including phenoxy) is 1. The lowest BCUT2D eigenvalue weighted by atomic mass is 10.4. The molecule has 0 unspecified atom stereocenters. The first kappa shape index (κ1) is 10.9. The summed E-state index contributed by atoms with van der Waals surface area (Å²) >= 11 is 0. The molecular weight excluding hydrogens is 152 g/mol. The topological polar surface area (TPSA) is 35.0 Å². The Labute approximate surface area is 73.8 Å². The summed E-state index contributed by atoms with van der Waals surface area (Å²) in [5, 5.41) is 0. The van der Waals surface area contributed by atoms with Crippen LogP contribution in [0.1, 0.15) is 25.2 Å². The first-order valence-electron chi connectivity index (χ1n) is 4.08. The van der Waals surface area contributed by atoms with Gasteiger partial charge in [0.2, 0.25) is 5.88 Å². The zero-order valence-electron chi connectivity index (χ0n) is 8.38. The predicted molar refractivity (Wildman–Crippen MR) is 49.4 cm³/mol. The Morgan fingerprint density at radius 3 is 2.17 bits per heavy atom. The lowest BCUT2D eigenvalue weighted by molar-refractivity contribution is 0.394. The molecule has 3 heteroatoms. The molecule has 0 aliphatic heterocycles. The summed E-state index contributed by atoms with van der Waals surface area (Å²) in [5.41, 5.74) is 1.86. The number of hydrogen-bond donors (Lipinski definition) is 0. The highest BCUT2D eigenvalue weighted by Gasteiger charge is 1.96. The summed E-state index contributed by atoms with van der Waals surface area (Å²) in [6.45, 7) is 7.83. The molecule has 0 bridgehead atoms. The summed E-state index contributed by atoms with van der Waals surface area (Å²) < 4.78 is 4.88. The summed E-state index contributed by atoms with van der Waals surface area (Å²) in [5.74, 6) is 0.572.